The van der Waals surface area contributed by atoms with Crippen molar-refractivity contribution in [2.45, 2.75) is 37.8 Å². The van der Waals surface area contributed by atoms with E-state index < -0.39 is 0 Å². The van der Waals surface area contributed by atoms with Crippen molar-refractivity contribution in [1.82, 2.24) is 20.0 Å². The molecular weight excluding hydrogens is 482 g/mol. The van der Waals surface area contributed by atoms with Crippen molar-refractivity contribution in [2.75, 3.05) is 38.5 Å². The van der Waals surface area contributed by atoms with Crippen LogP contribution >= 0.6 is 11.3 Å². The van der Waals surface area contributed by atoms with Crippen molar-refractivity contribution < 1.29 is 9.53 Å². The van der Waals surface area contributed by atoms with Gasteiger partial charge in [-0.3, -0.25) is 14.8 Å². The van der Waals surface area contributed by atoms with Crippen LogP contribution in [0.3, 0.4) is 0 Å². The monoisotopic (exact) mass is 515 g/mol. The molecule has 0 bridgehead atoms. The Morgan fingerprint density at radius 2 is 1.86 bits per heavy atom. The lowest BCUT2D eigenvalue weighted by Crippen LogP contribution is -2.35. The van der Waals surface area contributed by atoms with Gasteiger partial charge in [0, 0.05) is 34.6 Å². The van der Waals surface area contributed by atoms with E-state index in [0.717, 1.165) is 90.3 Å². The van der Waals surface area contributed by atoms with Crippen molar-refractivity contribution in [2.24, 2.45) is 0 Å². The van der Waals surface area contributed by atoms with Crippen LogP contribution in [0.15, 0.2) is 60.0 Å². The molecule has 37 heavy (non-hydrogen) atoms. The van der Waals surface area contributed by atoms with Crippen LogP contribution < -0.4 is 10.1 Å². The fraction of sp³-hybridized carbons (Fsp3) is 0.379. The Kier molecular flexibility index (Phi) is 6.95. The second kappa shape index (κ2) is 10.7. The van der Waals surface area contributed by atoms with Gasteiger partial charge in [0.2, 0.25) is 5.91 Å². The number of fused-ring (bicyclic) bond motifs is 1. The highest BCUT2D eigenvalue weighted by atomic mass is 32.1. The van der Waals surface area contributed by atoms with Gasteiger partial charge in [0.15, 0.2) is 0 Å². The minimum absolute atomic E-state index is 0.0177. The molecule has 2 saturated heterocycles. The van der Waals surface area contributed by atoms with Crippen molar-refractivity contribution in [1.29, 1.82) is 0 Å². The Morgan fingerprint density at radius 3 is 2.59 bits per heavy atom. The first-order valence-electron chi connectivity index (χ1n) is 13.2. The molecule has 2 aromatic carbocycles. The van der Waals surface area contributed by atoms with E-state index >= 15 is 0 Å². The number of anilines is 1. The molecule has 7 nitrogen and oxygen atoms in total. The average Bonchev–Trinajstić information content (AvgIpc) is 3.69. The summed E-state index contributed by atoms with van der Waals surface area (Å²) in [4.78, 5) is 19.2. The van der Waals surface area contributed by atoms with Gasteiger partial charge in [-0.1, -0.05) is 6.07 Å². The van der Waals surface area contributed by atoms with E-state index in [-0.39, 0.29) is 18.1 Å². The summed E-state index contributed by atoms with van der Waals surface area (Å²) in [6, 6.07) is 17.9. The second-order valence-corrected chi connectivity index (χ2v) is 11.1. The minimum Gasteiger partial charge on any atom is -0.490 e. The summed E-state index contributed by atoms with van der Waals surface area (Å²) in [5.74, 6) is 0.914. The molecule has 8 heteroatoms. The highest BCUT2D eigenvalue weighted by Gasteiger charge is 2.30. The number of nitrogens with zero attached hydrogens (tertiary/aromatic N) is 3. The summed E-state index contributed by atoms with van der Waals surface area (Å²) in [6.45, 7) is 4.07. The molecule has 1 unspecified atom stereocenters. The summed E-state index contributed by atoms with van der Waals surface area (Å²) < 4.78 is 6.22. The molecule has 0 aliphatic carbocycles. The first kappa shape index (κ1) is 24.2. The predicted octanol–water partition coefficient (Wildman–Crippen LogP) is 5.54. The molecule has 2 aliphatic rings. The van der Waals surface area contributed by atoms with Crippen LogP contribution in [0.25, 0.3) is 22.2 Å². The van der Waals surface area contributed by atoms with E-state index in [2.05, 4.69) is 50.6 Å². The number of hydrogen-bond donors (Lipinski definition) is 2. The molecule has 0 spiro atoms. The molecule has 192 valence electrons. The molecule has 1 atom stereocenters. The first-order chi connectivity index (χ1) is 18.1. The first-order valence-corrected chi connectivity index (χ1v) is 14.0. The molecule has 1 amide bonds. The van der Waals surface area contributed by atoms with Gasteiger partial charge in [0.1, 0.15) is 17.9 Å². The molecular formula is C29H33N5O2S. The summed E-state index contributed by atoms with van der Waals surface area (Å²) >= 11 is 1.64. The Morgan fingerprint density at radius 1 is 1.08 bits per heavy atom. The third kappa shape index (κ3) is 5.28. The van der Waals surface area contributed by atoms with E-state index in [4.69, 9.17) is 4.74 Å². The maximum atomic E-state index is 13.5. The molecule has 2 aliphatic heterocycles. The van der Waals surface area contributed by atoms with Crippen LogP contribution in [0.5, 0.6) is 5.75 Å². The normalized spacial score (nSPS) is 18.3. The van der Waals surface area contributed by atoms with Crippen LogP contribution in [0.2, 0.25) is 0 Å². The van der Waals surface area contributed by atoms with Gasteiger partial charge in [-0.15, -0.1) is 11.3 Å². The summed E-state index contributed by atoms with van der Waals surface area (Å²) in [5.41, 5.74) is 3.60. The van der Waals surface area contributed by atoms with Gasteiger partial charge in [-0.25, -0.2) is 0 Å². The fourth-order valence-electron chi connectivity index (χ4n) is 5.43. The quantitative estimate of drug-likeness (QED) is 0.338. The summed E-state index contributed by atoms with van der Waals surface area (Å²) in [5, 5.41) is 13.9. The van der Waals surface area contributed by atoms with Gasteiger partial charge in [-0.2, -0.15) is 5.10 Å². The predicted molar refractivity (Wildman–Crippen MR) is 149 cm³/mol. The van der Waals surface area contributed by atoms with Crippen LogP contribution in [0, 0.1) is 0 Å². The summed E-state index contributed by atoms with van der Waals surface area (Å²) in [6.07, 6.45) is 4.67. The number of hydrogen-bond acceptors (Lipinski definition) is 6. The third-order valence-electron chi connectivity index (χ3n) is 7.49. The van der Waals surface area contributed by atoms with Gasteiger partial charge < -0.3 is 15.0 Å². The molecule has 4 heterocycles. The smallest absolute Gasteiger partial charge is 0.247 e. The number of carbonyl (C=O) groups is 1. The van der Waals surface area contributed by atoms with Gasteiger partial charge in [-0.05, 0) is 99.7 Å². The van der Waals surface area contributed by atoms with E-state index in [9.17, 15) is 4.79 Å². The SMILES string of the molecule is CN1CCC(Oc2ccc(-c3n[nH]c4ccc(NC(=O)C(c5cccs5)N5CCCC5)cc34)cc2)CC1. The maximum absolute atomic E-state index is 13.5. The molecule has 0 radical (unpaired) electrons. The molecule has 2 aromatic heterocycles. The van der Waals surface area contributed by atoms with Crippen LogP contribution in [0.1, 0.15) is 36.6 Å². The number of aromatic amines is 1. The Labute approximate surface area is 221 Å². The lowest BCUT2D eigenvalue weighted by molar-refractivity contribution is -0.121. The van der Waals surface area contributed by atoms with Crippen molar-refractivity contribution in [3.8, 4) is 17.0 Å². The molecule has 0 saturated carbocycles. The zero-order valence-corrected chi connectivity index (χ0v) is 22.0. The lowest BCUT2D eigenvalue weighted by Gasteiger charge is -2.29. The molecule has 2 fully saturated rings. The highest BCUT2D eigenvalue weighted by molar-refractivity contribution is 7.10. The number of benzene rings is 2. The lowest BCUT2D eigenvalue weighted by atomic mass is 10.1. The van der Waals surface area contributed by atoms with E-state index in [1.54, 1.807) is 11.3 Å². The number of piperidine rings is 1. The third-order valence-corrected chi connectivity index (χ3v) is 8.42. The minimum atomic E-state index is -0.251. The van der Waals surface area contributed by atoms with Gasteiger partial charge >= 0.3 is 0 Å². The number of ether oxygens (including phenoxy) is 1. The van der Waals surface area contributed by atoms with E-state index in [1.807, 2.05) is 41.8 Å². The number of H-pyrrole nitrogens is 1. The van der Waals surface area contributed by atoms with Crippen LogP contribution in [-0.4, -0.2) is 65.2 Å². The zero-order valence-electron chi connectivity index (χ0n) is 21.2. The summed E-state index contributed by atoms with van der Waals surface area (Å²) in [7, 11) is 2.16. The maximum Gasteiger partial charge on any atom is 0.247 e. The zero-order chi connectivity index (χ0) is 25.2. The highest BCUT2D eigenvalue weighted by Crippen LogP contribution is 2.32. The van der Waals surface area contributed by atoms with E-state index in [1.165, 1.54) is 0 Å². The topological polar surface area (TPSA) is 73.5 Å². The van der Waals surface area contributed by atoms with E-state index in [0.29, 0.717) is 0 Å². The largest absolute Gasteiger partial charge is 0.490 e. The molecule has 4 aromatic rings. The van der Waals surface area contributed by atoms with Crippen molar-refractivity contribution in [3.05, 3.63) is 64.9 Å². The fourth-order valence-corrected chi connectivity index (χ4v) is 6.29. The van der Waals surface area contributed by atoms with Crippen molar-refractivity contribution >= 4 is 33.8 Å². The standard InChI is InChI=1S/C29H33N5O2S/c1-33-16-12-23(13-17-33)36-22-9-6-20(7-10-22)27-24-19-21(8-11-25(24)31-32-27)30-29(35)28(26-5-4-18-37-26)34-14-2-3-15-34/h4-11,18-19,23,28H,2-3,12-17H2,1H3,(H,30,35)(H,31,32). The average molecular weight is 516 g/mol. The second-order valence-electron chi connectivity index (χ2n) is 10.1. The van der Waals surface area contributed by atoms with Crippen molar-refractivity contribution in [3.63, 3.8) is 0 Å². The number of likely N-dealkylation sites (tertiary alicyclic amines) is 2. The van der Waals surface area contributed by atoms with Crippen LogP contribution in [0.4, 0.5) is 5.69 Å². The number of thiophene rings is 1. The molecule has 2 N–H and O–H groups in total. The number of aromatic nitrogens is 2. The Hall–Kier alpha value is -3.20. The molecule has 6 rings (SSSR count). The van der Waals surface area contributed by atoms with Gasteiger partial charge in [0.05, 0.1) is 11.2 Å². The van der Waals surface area contributed by atoms with Crippen LogP contribution in [-0.2, 0) is 4.79 Å². The Bertz CT molecular complexity index is 1340. The van der Waals surface area contributed by atoms with Gasteiger partial charge in [0.25, 0.3) is 0 Å². The number of rotatable bonds is 7. The number of amides is 1. The number of nitrogens with one attached hydrogen (secondary N) is 2. The Balaban J connectivity index is 1.20. The number of carbonyl (C=O) groups excluding carboxylic acids is 1.